The number of amides is 2. The van der Waals surface area contributed by atoms with E-state index in [0.29, 0.717) is 35.9 Å². The van der Waals surface area contributed by atoms with Crippen molar-refractivity contribution in [2.45, 2.75) is 69.7 Å². The number of hydrogen-bond acceptors (Lipinski definition) is 5. The van der Waals surface area contributed by atoms with Crippen LogP contribution in [0.4, 0.5) is 16.2 Å². The number of rotatable bonds is 12. The Hall–Kier alpha value is -2.29. The van der Waals surface area contributed by atoms with E-state index in [9.17, 15) is 13.2 Å². The number of sulfonamides is 1. The summed E-state index contributed by atoms with van der Waals surface area (Å²) in [5.74, 6) is 0. The molecule has 0 N–H and O–H groups in total. The first-order chi connectivity index (χ1) is 18.3. The van der Waals surface area contributed by atoms with E-state index in [0.717, 1.165) is 42.2 Å². The number of benzene rings is 2. The number of carbonyl (C=O) groups excluding carboxylic acids is 1. The zero-order chi connectivity index (χ0) is 27.1. The molecular formula is C29H41ClN4O3S. The molecule has 2 amide bonds. The van der Waals surface area contributed by atoms with E-state index in [1.165, 1.54) is 25.7 Å². The third-order valence-electron chi connectivity index (χ3n) is 7.54. The SMILES string of the molecule is CCCCCCCCCCN1C(=O)N(Cc2ccccc2)c2cc(Cl)cc(N3CCN(C)CC3)c2S1(=O)=O. The molecule has 0 bridgehead atoms. The maximum Gasteiger partial charge on any atom is 0.338 e. The number of halogens is 1. The molecule has 1 saturated heterocycles. The summed E-state index contributed by atoms with van der Waals surface area (Å²) in [6.07, 6.45) is 8.70. The predicted octanol–water partition coefficient (Wildman–Crippen LogP) is 6.36. The second-order valence-electron chi connectivity index (χ2n) is 10.5. The Morgan fingerprint density at radius 3 is 2.11 bits per heavy atom. The highest BCUT2D eigenvalue weighted by molar-refractivity contribution is 7.90. The molecular weight excluding hydrogens is 520 g/mol. The van der Waals surface area contributed by atoms with Crippen LogP contribution in [0, 0.1) is 0 Å². The third-order valence-corrected chi connectivity index (χ3v) is 9.61. The monoisotopic (exact) mass is 560 g/mol. The molecule has 0 radical (unpaired) electrons. The van der Waals surface area contributed by atoms with Gasteiger partial charge in [0.15, 0.2) is 0 Å². The fourth-order valence-electron chi connectivity index (χ4n) is 5.29. The fourth-order valence-corrected chi connectivity index (χ4v) is 7.27. The summed E-state index contributed by atoms with van der Waals surface area (Å²) in [6, 6.07) is 12.5. The highest BCUT2D eigenvalue weighted by Crippen LogP contribution is 2.44. The third kappa shape index (κ3) is 6.64. The van der Waals surface area contributed by atoms with Crippen LogP contribution in [0.5, 0.6) is 0 Å². The van der Waals surface area contributed by atoms with Gasteiger partial charge in [-0.3, -0.25) is 4.90 Å². The van der Waals surface area contributed by atoms with Gasteiger partial charge in [0.25, 0.3) is 10.0 Å². The number of urea groups is 1. The van der Waals surface area contributed by atoms with Gasteiger partial charge in [-0.05, 0) is 31.2 Å². The minimum atomic E-state index is -4.04. The number of likely N-dealkylation sites (N-methyl/N-ethyl adjacent to an activating group) is 1. The standard InChI is InChI=1S/C29H41ClN4O3S/c1-3-4-5-6-7-8-9-13-16-34-29(35)33(23-24-14-11-10-12-15-24)27-22-25(30)21-26(28(27)38(34,36)37)32-19-17-31(2)18-20-32/h10-12,14-15,21-22H,3-9,13,16-20,23H2,1-2H3. The zero-order valence-corrected chi connectivity index (χ0v) is 24.3. The lowest BCUT2D eigenvalue weighted by Crippen LogP contribution is -2.52. The van der Waals surface area contributed by atoms with Gasteiger partial charge in [-0.25, -0.2) is 17.5 Å². The molecule has 208 valence electrons. The van der Waals surface area contributed by atoms with Crippen molar-refractivity contribution in [2.24, 2.45) is 0 Å². The van der Waals surface area contributed by atoms with Crippen molar-refractivity contribution in [1.82, 2.24) is 9.21 Å². The first-order valence-corrected chi connectivity index (χ1v) is 15.8. The summed E-state index contributed by atoms with van der Waals surface area (Å²) in [7, 11) is -1.98. The minimum Gasteiger partial charge on any atom is -0.368 e. The van der Waals surface area contributed by atoms with Crippen molar-refractivity contribution in [3.05, 3.63) is 53.1 Å². The molecule has 2 heterocycles. The highest BCUT2D eigenvalue weighted by Gasteiger charge is 2.44. The first kappa shape index (κ1) is 28.7. The molecule has 1 fully saturated rings. The quantitative estimate of drug-likeness (QED) is 0.282. The van der Waals surface area contributed by atoms with E-state index in [1.807, 2.05) is 30.3 Å². The van der Waals surface area contributed by atoms with E-state index in [1.54, 1.807) is 17.0 Å². The Labute approximate surface area is 233 Å². The largest absolute Gasteiger partial charge is 0.368 e. The molecule has 7 nitrogen and oxygen atoms in total. The topological polar surface area (TPSA) is 64.2 Å². The summed E-state index contributed by atoms with van der Waals surface area (Å²) in [5.41, 5.74) is 1.89. The van der Waals surface area contributed by atoms with Crippen molar-refractivity contribution in [2.75, 3.05) is 49.6 Å². The van der Waals surface area contributed by atoms with Crippen LogP contribution in [0.2, 0.25) is 5.02 Å². The summed E-state index contributed by atoms with van der Waals surface area (Å²) < 4.78 is 29.3. The maximum absolute atomic E-state index is 14.1. The average molecular weight is 561 g/mol. The van der Waals surface area contributed by atoms with Crippen molar-refractivity contribution in [1.29, 1.82) is 0 Å². The van der Waals surface area contributed by atoms with Crippen LogP contribution >= 0.6 is 11.6 Å². The first-order valence-electron chi connectivity index (χ1n) is 14.0. The summed E-state index contributed by atoms with van der Waals surface area (Å²) in [6.45, 7) is 5.72. The zero-order valence-electron chi connectivity index (χ0n) is 22.7. The number of piperazine rings is 1. The molecule has 4 rings (SSSR count). The lowest BCUT2D eigenvalue weighted by Gasteiger charge is -2.40. The molecule has 0 aromatic heterocycles. The highest BCUT2D eigenvalue weighted by atomic mass is 35.5. The van der Waals surface area contributed by atoms with Crippen LogP contribution in [0.3, 0.4) is 0 Å². The van der Waals surface area contributed by atoms with Crippen LogP contribution in [0.25, 0.3) is 0 Å². The van der Waals surface area contributed by atoms with Gasteiger partial charge in [0, 0.05) is 37.7 Å². The lowest BCUT2D eigenvalue weighted by atomic mass is 10.1. The summed E-state index contributed by atoms with van der Waals surface area (Å²) in [4.78, 5) is 19.9. The van der Waals surface area contributed by atoms with E-state index in [-0.39, 0.29) is 18.0 Å². The van der Waals surface area contributed by atoms with Crippen LogP contribution in [0.1, 0.15) is 63.9 Å². The van der Waals surface area contributed by atoms with Crippen LogP contribution in [-0.2, 0) is 16.6 Å². The molecule has 0 atom stereocenters. The van der Waals surface area contributed by atoms with Crippen molar-refractivity contribution in [3.63, 3.8) is 0 Å². The number of fused-ring (bicyclic) bond motifs is 1. The number of anilines is 2. The van der Waals surface area contributed by atoms with Gasteiger partial charge < -0.3 is 9.80 Å². The summed E-state index contributed by atoms with van der Waals surface area (Å²) >= 11 is 6.56. The lowest BCUT2D eigenvalue weighted by molar-refractivity contribution is 0.226. The van der Waals surface area contributed by atoms with Gasteiger partial charge in [0.2, 0.25) is 0 Å². The Morgan fingerprint density at radius 1 is 0.842 bits per heavy atom. The molecule has 2 aromatic rings. The minimum absolute atomic E-state index is 0.186. The number of nitrogens with zero attached hydrogens (tertiary/aromatic N) is 4. The normalized spacial score (nSPS) is 17.7. The second kappa shape index (κ2) is 13.2. The molecule has 0 aliphatic carbocycles. The molecule has 0 saturated carbocycles. The van der Waals surface area contributed by atoms with Crippen LogP contribution in [-0.4, -0.2) is 63.4 Å². The number of carbonyl (C=O) groups is 1. The number of hydrogen-bond donors (Lipinski definition) is 0. The van der Waals surface area contributed by atoms with Crippen LogP contribution < -0.4 is 9.80 Å². The Morgan fingerprint density at radius 2 is 1.45 bits per heavy atom. The van der Waals surface area contributed by atoms with Gasteiger partial charge in [-0.2, -0.15) is 0 Å². The number of unbranched alkanes of at least 4 members (excludes halogenated alkanes) is 7. The molecule has 0 spiro atoms. The fraction of sp³-hybridized carbons (Fsp3) is 0.552. The van der Waals surface area contributed by atoms with Crippen molar-refractivity contribution in [3.8, 4) is 0 Å². The molecule has 2 aromatic carbocycles. The van der Waals surface area contributed by atoms with E-state index in [2.05, 4.69) is 23.8 Å². The van der Waals surface area contributed by atoms with Gasteiger partial charge in [-0.1, -0.05) is 93.8 Å². The maximum atomic E-state index is 14.1. The van der Waals surface area contributed by atoms with Gasteiger partial charge in [0.05, 0.1) is 17.9 Å². The molecule has 0 unspecified atom stereocenters. The Kier molecular flexibility index (Phi) is 9.96. The van der Waals surface area contributed by atoms with Gasteiger partial charge >= 0.3 is 6.03 Å². The second-order valence-corrected chi connectivity index (χ2v) is 12.7. The average Bonchev–Trinajstić information content (AvgIpc) is 2.90. The molecule has 2 aliphatic heterocycles. The van der Waals surface area contributed by atoms with Gasteiger partial charge in [-0.15, -0.1) is 0 Å². The van der Waals surface area contributed by atoms with E-state index >= 15 is 0 Å². The van der Waals surface area contributed by atoms with Crippen molar-refractivity contribution >= 4 is 39.0 Å². The smallest absolute Gasteiger partial charge is 0.338 e. The molecule has 38 heavy (non-hydrogen) atoms. The predicted molar refractivity (Wildman–Crippen MR) is 156 cm³/mol. The van der Waals surface area contributed by atoms with Gasteiger partial charge in [0.1, 0.15) is 4.90 Å². The molecule has 2 aliphatic rings. The Balaban J connectivity index is 1.64. The van der Waals surface area contributed by atoms with Crippen molar-refractivity contribution < 1.29 is 13.2 Å². The summed E-state index contributed by atoms with van der Waals surface area (Å²) in [5, 5.41) is 0.426. The molecule has 9 heteroatoms. The van der Waals surface area contributed by atoms with E-state index in [4.69, 9.17) is 11.6 Å². The van der Waals surface area contributed by atoms with Crippen LogP contribution in [0.15, 0.2) is 47.4 Å². The Bertz CT molecular complexity index is 1180. The van der Waals surface area contributed by atoms with E-state index < -0.39 is 16.1 Å².